The van der Waals surface area contributed by atoms with Crippen LogP contribution < -0.4 is 5.32 Å². The van der Waals surface area contributed by atoms with Gasteiger partial charge in [0.15, 0.2) is 5.65 Å². The highest BCUT2D eigenvalue weighted by molar-refractivity contribution is 6.31. The molecule has 0 fully saturated rings. The molecule has 2 heterocycles. The molecule has 0 unspecified atom stereocenters. The molecule has 1 amide bonds. The minimum absolute atomic E-state index is 0.273. The highest BCUT2D eigenvalue weighted by Gasteiger charge is 2.10. The average molecular weight is 301 g/mol. The molecule has 0 saturated heterocycles. The molecular weight excluding hydrogens is 288 g/mol. The van der Waals surface area contributed by atoms with Gasteiger partial charge in [0.05, 0.1) is 11.9 Å². The molecule has 2 aromatic heterocycles. The first kappa shape index (κ1) is 13.6. The minimum atomic E-state index is -0.273. The number of aryl methyl sites for hydroxylation is 2. The average Bonchev–Trinajstić information content (AvgIpc) is 2.82. The summed E-state index contributed by atoms with van der Waals surface area (Å²) in [5.74, 6) is -0.273. The van der Waals surface area contributed by atoms with Gasteiger partial charge in [-0.05, 0) is 49.7 Å². The van der Waals surface area contributed by atoms with E-state index in [1.165, 1.54) is 0 Å². The van der Waals surface area contributed by atoms with Crippen LogP contribution in [0.5, 0.6) is 0 Å². The quantitative estimate of drug-likeness (QED) is 0.790. The largest absolute Gasteiger partial charge is 0.321 e. The molecule has 1 aromatic carbocycles. The van der Waals surface area contributed by atoms with Crippen LogP contribution in [0.3, 0.4) is 0 Å². The van der Waals surface area contributed by atoms with Crippen molar-refractivity contribution in [2.75, 3.05) is 5.32 Å². The van der Waals surface area contributed by atoms with Gasteiger partial charge in [-0.15, -0.1) is 0 Å². The topological polar surface area (TPSA) is 59.3 Å². The first-order chi connectivity index (χ1) is 10.0. The Bertz CT molecular complexity index is 841. The number of hydrogen-bond donors (Lipinski definition) is 1. The summed E-state index contributed by atoms with van der Waals surface area (Å²) < 4.78 is 1.59. The molecular formula is C15H13ClN4O. The van der Waals surface area contributed by atoms with Crippen molar-refractivity contribution in [1.82, 2.24) is 14.6 Å². The van der Waals surface area contributed by atoms with Gasteiger partial charge in [-0.3, -0.25) is 4.79 Å². The van der Waals surface area contributed by atoms with Gasteiger partial charge in [-0.2, -0.15) is 5.10 Å². The van der Waals surface area contributed by atoms with Crippen LogP contribution in [0.1, 0.15) is 21.7 Å². The van der Waals surface area contributed by atoms with E-state index < -0.39 is 0 Å². The Balaban J connectivity index is 1.87. The van der Waals surface area contributed by atoms with Crippen LogP contribution in [0.25, 0.3) is 5.65 Å². The lowest BCUT2D eigenvalue weighted by Crippen LogP contribution is -2.15. The number of aromatic nitrogens is 3. The molecule has 6 heteroatoms. The molecule has 0 aliphatic heterocycles. The number of amides is 1. The molecule has 3 rings (SSSR count). The fraction of sp³-hybridized carbons (Fsp3) is 0.133. The third kappa shape index (κ3) is 2.73. The standard InChI is InChI=1S/C15H13ClN4O/c1-9-7-11(3-4-12(9)16)18-15(21)13-5-6-14-17-10(2)8-20(14)19-13/h3-8H,1-2H3,(H,18,21). The molecule has 0 aliphatic rings. The Morgan fingerprint density at radius 2 is 2.05 bits per heavy atom. The lowest BCUT2D eigenvalue weighted by atomic mass is 10.2. The van der Waals surface area contributed by atoms with E-state index in [9.17, 15) is 4.79 Å². The van der Waals surface area contributed by atoms with Crippen molar-refractivity contribution in [3.63, 3.8) is 0 Å². The maximum absolute atomic E-state index is 12.2. The summed E-state index contributed by atoms with van der Waals surface area (Å²) in [7, 11) is 0. The second kappa shape index (κ2) is 5.18. The van der Waals surface area contributed by atoms with Gasteiger partial charge in [0.1, 0.15) is 5.69 Å². The number of carbonyl (C=O) groups is 1. The number of halogens is 1. The number of imidazole rings is 1. The molecule has 0 spiro atoms. The zero-order valence-electron chi connectivity index (χ0n) is 11.6. The van der Waals surface area contributed by atoms with E-state index in [1.54, 1.807) is 35.0 Å². The zero-order valence-corrected chi connectivity index (χ0v) is 12.3. The Labute approximate surface area is 126 Å². The number of hydrogen-bond acceptors (Lipinski definition) is 3. The summed E-state index contributed by atoms with van der Waals surface area (Å²) in [5.41, 5.74) is 3.49. The summed E-state index contributed by atoms with van der Waals surface area (Å²) in [6.07, 6.45) is 1.78. The molecule has 106 valence electrons. The minimum Gasteiger partial charge on any atom is -0.321 e. The summed E-state index contributed by atoms with van der Waals surface area (Å²) in [5, 5.41) is 7.72. The van der Waals surface area contributed by atoms with E-state index in [2.05, 4.69) is 15.4 Å². The zero-order chi connectivity index (χ0) is 15.0. The Hall–Kier alpha value is -2.40. The van der Waals surface area contributed by atoms with E-state index in [0.29, 0.717) is 22.1 Å². The van der Waals surface area contributed by atoms with Gasteiger partial charge >= 0.3 is 0 Å². The fourth-order valence-electron chi connectivity index (χ4n) is 2.04. The van der Waals surface area contributed by atoms with E-state index in [4.69, 9.17) is 11.6 Å². The van der Waals surface area contributed by atoms with Gasteiger partial charge < -0.3 is 5.32 Å². The van der Waals surface area contributed by atoms with E-state index in [-0.39, 0.29) is 5.91 Å². The fourth-order valence-corrected chi connectivity index (χ4v) is 2.16. The molecule has 0 bridgehead atoms. The van der Waals surface area contributed by atoms with Crippen molar-refractivity contribution in [2.45, 2.75) is 13.8 Å². The number of rotatable bonds is 2. The van der Waals surface area contributed by atoms with Crippen molar-refractivity contribution in [3.8, 4) is 0 Å². The monoisotopic (exact) mass is 300 g/mol. The van der Waals surface area contributed by atoms with Crippen molar-refractivity contribution in [2.24, 2.45) is 0 Å². The van der Waals surface area contributed by atoms with Crippen molar-refractivity contribution >= 4 is 28.8 Å². The van der Waals surface area contributed by atoms with Crippen molar-refractivity contribution < 1.29 is 4.79 Å². The number of benzene rings is 1. The van der Waals surface area contributed by atoms with Gasteiger partial charge in [0.25, 0.3) is 5.91 Å². The van der Waals surface area contributed by atoms with Gasteiger partial charge in [-0.25, -0.2) is 9.50 Å². The van der Waals surface area contributed by atoms with Gasteiger partial charge in [0, 0.05) is 10.7 Å². The van der Waals surface area contributed by atoms with Gasteiger partial charge in [0.2, 0.25) is 0 Å². The lowest BCUT2D eigenvalue weighted by Gasteiger charge is -2.06. The number of carbonyl (C=O) groups excluding carboxylic acids is 1. The second-order valence-electron chi connectivity index (χ2n) is 4.82. The maximum atomic E-state index is 12.2. The Kier molecular flexibility index (Phi) is 3.35. The molecule has 21 heavy (non-hydrogen) atoms. The third-order valence-electron chi connectivity index (χ3n) is 3.09. The van der Waals surface area contributed by atoms with Crippen LogP contribution >= 0.6 is 11.6 Å². The van der Waals surface area contributed by atoms with Crippen LogP contribution in [0.2, 0.25) is 5.02 Å². The molecule has 1 N–H and O–H groups in total. The highest BCUT2D eigenvalue weighted by Crippen LogP contribution is 2.19. The van der Waals surface area contributed by atoms with Crippen LogP contribution in [0.4, 0.5) is 5.69 Å². The lowest BCUT2D eigenvalue weighted by molar-refractivity contribution is 0.102. The third-order valence-corrected chi connectivity index (χ3v) is 3.51. The van der Waals surface area contributed by atoms with Crippen LogP contribution in [-0.4, -0.2) is 20.5 Å². The van der Waals surface area contributed by atoms with E-state index in [1.807, 2.05) is 19.9 Å². The SMILES string of the molecule is Cc1cn2nc(C(=O)Nc3ccc(Cl)c(C)c3)ccc2n1. The maximum Gasteiger partial charge on any atom is 0.276 e. The summed E-state index contributed by atoms with van der Waals surface area (Å²) >= 11 is 5.97. The van der Waals surface area contributed by atoms with E-state index in [0.717, 1.165) is 11.3 Å². The first-order valence-corrected chi connectivity index (χ1v) is 6.81. The molecule has 0 radical (unpaired) electrons. The molecule has 5 nitrogen and oxygen atoms in total. The molecule has 0 saturated carbocycles. The van der Waals surface area contributed by atoms with Crippen molar-refractivity contribution in [3.05, 3.63) is 58.5 Å². The number of nitrogens with zero attached hydrogens (tertiary/aromatic N) is 3. The molecule has 0 aliphatic carbocycles. The molecule has 3 aromatic rings. The number of nitrogens with one attached hydrogen (secondary N) is 1. The first-order valence-electron chi connectivity index (χ1n) is 6.43. The Morgan fingerprint density at radius 3 is 2.81 bits per heavy atom. The second-order valence-corrected chi connectivity index (χ2v) is 5.23. The summed E-state index contributed by atoms with van der Waals surface area (Å²) in [6, 6.07) is 8.75. The van der Waals surface area contributed by atoms with E-state index >= 15 is 0 Å². The smallest absolute Gasteiger partial charge is 0.276 e. The summed E-state index contributed by atoms with van der Waals surface area (Å²) in [4.78, 5) is 16.5. The predicted octanol–water partition coefficient (Wildman–Crippen LogP) is 3.25. The van der Waals surface area contributed by atoms with Gasteiger partial charge in [-0.1, -0.05) is 11.6 Å². The Morgan fingerprint density at radius 1 is 1.24 bits per heavy atom. The van der Waals surface area contributed by atoms with Crippen LogP contribution in [-0.2, 0) is 0 Å². The summed E-state index contributed by atoms with van der Waals surface area (Å²) in [6.45, 7) is 3.77. The van der Waals surface area contributed by atoms with Crippen molar-refractivity contribution in [1.29, 1.82) is 0 Å². The molecule has 0 atom stereocenters. The van der Waals surface area contributed by atoms with Crippen LogP contribution in [0, 0.1) is 13.8 Å². The number of fused-ring (bicyclic) bond motifs is 1. The van der Waals surface area contributed by atoms with Crippen LogP contribution in [0.15, 0.2) is 36.5 Å². The highest BCUT2D eigenvalue weighted by atomic mass is 35.5. The number of anilines is 1. The predicted molar refractivity (Wildman–Crippen MR) is 81.9 cm³/mol. The normalized spacial score (nSPS) is 10.8.